The Labute approximate surface area is 692 Å². The molecule has 0 N–H and O–H groups in total. The molecule has 6 rings (SSSR count). The molecule has 4 aromatic carbocycles. The van der Waals surface area contributed by atoms with Crippen LogP contribution in [0.4, 0.5) is 0 Å². The number of rotatable bonds is 58. The van der Waals surface area contributed by atoms with Gasteiger partial charge in [-0.05, 0) is 122 Å². The van der Waals surface area contributed by atoms with E-state index in [2.05, 4.69) is 180 Å². The topological polar surface area (TPSA) is 50.6 Å². The first-order valence-corrected chi connectivity index (χ1v) is 45.5. The van der Waals surface area contributed by atoms with Gasteiger partial charge in [0.25, 0.3) is 0 Å². The maximum Gasteiger partial charge on any atom is 2.00 e. The van der Waals surface area contributed by atoms with Crippen LogP contribution in [-0.2, 0) is 58.7 Å². The third kappa shape index (κ3) is 56.3. The number of allylic oxidation sites excluding steroid dienone is 4. The van der Waals surface area contributed by atoms with Gasteiger partial charge in [-0.2, -0.15) is 25.7 Å². The molecule has 0 bridgehead atoms. The smallest absolute Gasteiger partial charge is 0.493 e. The number of hydrogen-bond donors (Lipinski definition) is 0. The predicted octanol–water partition coefficient (Wildman–Crippen LogP) is 34.9. The van der Waals surface area contributed by atoms with Gasteiger partial charge in [0.15, 0.2) is 0 Å². The van der Waals surface area contributed by atoms with Crippen LogP contribution >= 0.6 is 0 Å². The van der Waals surface area contributed by atoms with E-state index in [4.69, 9.17) is 0 Å². The Morgan fingerprint density at radius 2 is 0.398 bits per heavy atom. The number of unbranched alkanes of at least 4 members (excludes halogenated alkanes) is 46. The molecule has 0 amide bonds. The Morgan fingerprint density at radius 3 is 0.630 bits per heavy atom. The Balaban J connectivity index is 0. The van der Waals surface area contributed by atoms with Crippen LogP contribution < -0.4 is 0 Å². The molecular formula is C102H168N4Ni2. The van der Waals surface area contributed by atoms with Crippen molar-refractivity contribution in [3.05, 3.63) is 205 Å². The zero-order chi connectivity index (χ0) is 77.2. The summed E-state index contributed by atoms with van der Waals surface area (Å²) in [6, 6.07) is 34.6. The number of hydrogen-bond acceptors (Lipinski definition) is 0. The Kier molecular flexibility index (Phi) is 78.2. The van der Waals surface area contributed by atoms with E-state index in [9.17, 15) is 11.1 Å². The Hall–Kier alpha value is -3.97. The molecule has 0 saturated heterocycles. The molecule has 0 radical (unpaired) electrons. The largest absolute Gasteiger partial charge is 2.00 e. The molecule has 0 unspecified atom stereocenters. The van der Waals surface area contributed by atoms with Crippen LogP contribution in [0.3, 0.4) is 0 Å². The summed E-state index contributed by atoms with van der Waals surface area (Å²) in [5.41, 5.74) is 34.8. The summed E-state index contributed by atoms with van der Waals surface area (Å²) in [5, 5.41) is 0. The van der Waals surface area contributed by atoms with Gasteiger partial charge in [0, 0.05) is 46.6 Å². The van der Waals surface area contributed by atoms with Crippen molar-refractivity contribution in [1.82, 2.24) is 0 Å². The fourth-order valence-corrected chi connectivity index (χ4v) is 13.8. The zero-order valence-corrected chi connectivity index (χ0v) is 73.8. The molecule has 2 aliphatic heterocycles. The van der Waals surface area contributed by atoms with Gasteiger partial charge < -0.3 is 38.8 Å². The van der Waals surface area contributed by atoms with Crippen molar-refractivity contribution in [2.24, 2.45) is 0 Å². The van der Waals surface area contributed by atoms with Crippen LogP contribution in [0.1, 0.15) is 447 Å². The molecule has 4 aromatic rings. The average Bonchev–Trinajstić information content (AvgIpc) is 1.66. The first-order valence-electron chi connectivity index (χ1n) is 45.5. The van der Waals surface area contributed by atoms with Gasteiger partial charge in [0.2, 0.25) is 22.8 Å². The van der Waals surface area contributed by atoms with E-state index >= 15 is 0 Å². The first kappa shape index (κ1) is 106. The van der Waals surface area contributed by atoms with Crippen molar-refractivity contribution < 1.29 is 42.4 Å². The summed E-state index contributed by atoms with van der Waals surface area (Å²) >= 11 is 0. The molecule has 616 valence electrons. The van der Waals surface area contributed by atoms with Crippen molar-refractivity contribution in [2.75, 3.05) is 0 Å². The molecule has 0 saturated carbocycles. The maximum absolute atomic E-state index is 10.9. The molecule has 0 aromatic heterocycles. The van der Waals surface area contributed by atoms with Gasteiger partial charge in [-0.25, -0.2) is 9.39 Å². The van der Waals surface area contributed by atoms with Crippen molar-refractivity contribution >= 4 is 22.8 Å². The normalized spacial score (nSPS) is 11.9. The number of benzene rings is 4. The summed E-state index contributed by atoms with van der Waals surface area (Å²) in [7, 11) is 0. The van der Waals surface area contributed by atoms with E-state index < -0.39 is 0 Å². The summed E-state index contributed by atoms with van der Waals surface area (Å²) < 4.78 is 2.68. The molecule has 0 spiro atoms. The SMILES string of the molecule is CCCCCCCCc1ccc(C2=CC=C(c3cccc(CCCCC)c3)[N+]2=[N-])cc1.CCCCCCCCc1ccc(C2=CC=C(c3cccc(CCCCC)c3)[N+]2=[N-])cc1.[CH2-]CCCCCCCC.[CH2-]CCCCCCCC.[CH2-]CCCCCCCCCCCC.[CH2-]CCCCCCCCCCCC.[Ni+2].[Ni+2]. The quantitative estimate of drug-likeness (QED) is 0.0183. The van der Waals surface area contributed by atoms with Crippen molar-refractivity contribution in [3.8, 4) is 0 Å². The molecule has 4 nitrogen and oxygen atoms in total. The minimum Gasteiger partial charge on any atom is -0.493 e. The Bertz CT molecular complexity index is 2550. The second-order valence-electron chi connectivity index (χ2n) is 30.9. The molecular weight excluding hydrogens is 1400 g/mol. The van der Waals surface area contributed by atoms with Gasteiger partial charge >= 0.3 is 33.0 Å². The van der Waals surface area contributed by atoms with Crippen molar-refractivity contribution in [2.45, 2.75) is 428 Å². The number of nitrogens with zero attached hydrogens (tertiary/aromatic N) is 4. The second kappa shape index (κ2) is 79.7. The van der Waals surface area contributed by atoms with Gasteiger partial charge in [-0.15, -0.1) is 0 Å². The summed E-state index contributed by atoms with van der Waals surface area (Å²) in [6.07, 6.45) is 85.6. The Morgan fingerprint density at radius 1 is 0.213 bits per heavy atom. The summed E-state index contributed by atoms with van der Waals surface area (Å²) in [4.78, 5) is 0. The third-order valence-corrected chi connectivity index (χ3v) is 20.8. The molecule has 2 heterocycles. The van der Waals surface area contributed by atoms with E-state index in [1.807, 2.05) is 24.3 Å². The van der Waals surface area contributed by atoms with Gasteiger partial charge in [-0.3, -0.25) is 0 Å². The van der Waals surface area contributed by atoms with Gasteiger partial charge in [-0.1, -0.05) is 399 Å². The molecule has 0 atom stereocenters. The fraction of sp³-hybridized carbons (Fsp3) is 0.647. The van der Waals surface area contributed by atoms with E-state index in [0.717, 1.165) is 96.4 Å². The van der Waals surface area contributed by atoms with Crippen LogP contribution in [0, 0.1) is 27.7 Å². The summed E-state index contributed by atoms with van der Waals surface area (Å²) in [6.45, 7) is 33.4. The molecule has 108 heavy (non-hydrogen) atoms. The summed E-state index contributed by atoms with van der Waals surface area (Å²) in [5.74, 6) is 0. The van der Waals surface area contributed by atoms with Crippen LogP contribution in [0.5, 0.6) is 0 Å². The van der Waals surface area contributed by atoms with Crippen LogP contribution in [0.2, 0.25) is 0 Å². The standard InChI is InChI=1S/2C29H38N2.2C13H27.2C9H19.2Ni/c2*1-3-5-7-8-9-11-13-24-17-19-26(20-18-24)28-21-22-29(31(28)30)27-16-12-15-25(23-27)14-10-6-4-2;2*1-3-5-7-9-11-13-12-10-8-6-4-2;2*1-3-5-7-9-8-6-4-2;;/h2*12,15-23H,3-11,13-14H2,1-2H3;2*1,3-13H2,2H3;2*1,3-9H2,2H3;;/q;;4*-1;2*+2. The average molecular weight is 1570 g/mol. The molecule has 2 aliphatic rings. The number of aryl methyl sites for hydroxylation is 4. The molecule has 0 aliphatic carbocycles. The monoisotopic (exact) mass is 1570 g/mol. The fourth-order valence-electron chi connectivity index (χ4n) is 13.8. The first-order chi connectivity index (χ1) is 52.1. The van der Waals surface area contributed by atoms with E-state index in [1.54, 1.807) is 0 Å². The molecule has 0 fully saturated rings. The maximum atomic E-state index is 10.9. The van der Waals surface area contributed by atoms with Crippen LogP contribution in [0.15, 0.2) is 121 Å². The second-order valence-corrected chi connectivity index (χ2v) is 30.9. The minimum absolute atomic E-state index is 0. The molecule has 6 heteroatoms. The van der Waals surface area contributed by atoms with E-state index in [-0.39, 0.29) is 33.0 Å². The van der Waals surface area contributed by atoms with E-state index in [0.29, 0.717) is 0 Å². The van der Waals surface area contributed by atoms with E-state index in [1.165, 1.54) is 353 Å². The van der Waals surface area contributed by atoms with Crippen LogP contribution in [-0.4, -0.2) is 9.39 Å². The van der Waals surface area contributed by atoms with Gasteiger partial charge in [0.1, 0.15) is 0 Å². The predicted molar refractivity (Wildman–Crippen MR) is 476 cm³/mol. The van der Waals surface area contributed by atoms with Crippen molar-refractivity contribution in [1.29, 1.82) is 0 Å². The third-order valence-electron chi connectivity index (χ3n) is 20.8. The van der Waals surface area contributed by atoms with Gasteiger partial charge in [0.05, 0.1) is 0 Å². The van der Waals surface area contributed by atoms with Crippen LogP contribution in [0.25, 0.3) is 33.9 Å². The van der Waals surface area contributed by atoms with Crippen molar-refractivity contribution in [3.63, 3.8) is 0 Å². The minimum atomic E-state index is 0. The zero-order valence-electron chi connectivity index (χ0n) is 71.8.